The summed E-state index contributed by atoms with van der Waals surface area (Å²) in [6, 6.07) is 9.64. The average Bonchev–Trinajstić information content (AvgIpc) is 2.91. The van der Waals surface area contributed by atoms with Crippen LogP contribution in [-0.4, -0.2) is 12.5 Å². The van der Waals surface area contributed by atoms with E-state index in [-0.39, 0.29) is 11.9 Å². The average molecular weight is 323 g/mol. The van der Waals surface area contributed by atoms with Gasteiger partial charge in [0.25, 0.3) is 5.91 Å². The van der Waals surface area contributed by atoms with Gasteiger partial charge in [0, 0.05) is 23.8 Å². The summed E-state index contributed by atoms with van der Waals surface area (Å²) in [5.74, 6) is -0.0354. The first kappa shape index (κ1) is 15.9. The Kier molecular flexibility index (Phi) is 5.65. The minimum atomic E-state index is -0.0354. The van der Waals surface area contributed by atoms with Gasteiger partial charge in [-0.1, -0.05) is 24.6 Å². The molecular weight excluding hydrogens is 304 g/mol. The highest BCUT2D eigenvalue weighted by Gasteiger charge is 2.09. The smallest absolute Gasteiger partial charge is 0.251 e. The van der Waals surface area contributed by atoms with Crippen molar-refractivity contribution in [1.29, 1.82) is 0 Å². The Hall–Kier alpha value is -1.52. The van der Waals surface area contributed by atoms with Gasteiger partial charge in [-0.3, -0.25) is 4.79 Å². The minimum absolute atomic E-state index is 0.0354. The molecule has 1 atom stereocenters. The Morgan fingerprint density at radius 2 is 2.19 bits per heavy atom. The van der Waals surface area contributed by atoms with E-state index in [1.165, 1.54) is 11.3 Å². The molecule has 1 unspecified atom stereocenters. The summed E-state index contributed by atoms with van der Waals surface area (Å²) >= 11 is 7.48. The molecule has 0 bridgehead atoms. The van der Waals surface area contributed by atoms with E-state index < -0.39 is 0 Å². The van der Waals surface area contributed by atoms with Gasteiger partial charge in [0.2, 0.25) is 0 Å². The van der Waals surface area contributed by atoms with Crippen molar-refractivity contribution in [3.63, 3.8) is 0 Å². The van der Waals surface area contributed by atoms with Crippen LogP contribution in [0.5, 0.6) is 0 Å². The van der Waals surface area contributed by atoms with Crippen molar-refractivity contribution in [2.45, 2.75) is 26.3 Å². The van der Waals surface area contributed by atoms with Crippen molar-refractivity contribution >= 4 is 34.5 Å². The van der Waals surface area contributed by atoms with Gasteiger partial charge in [0.1, 0.15) is 0 Å². The maximum atomic E-state index is 12.0. The number of carbonyl (C=O) groups is 1. The summed E-state index contributed by atoms with van der Waals surface area (Å²) < 4.78 is 0.784. The first-order valence-electron chi connectivity index (χ1n) is 6.99. The van der Waals surface area contributed by atoms with E-state index in [9.17, 15) is 4.79 Å². The Morgan fingerprint density at radius 3 is 2.86 bits per heavy atom. The maximum Gasteiger partial charge on any atom is 0.251 e. The van der Waals surface area contributed by atoms with Crippen molar-refractivity contribution in [2.24, 2.45) is 0 Å². The lowest BCUT2D eigenvalue weighted by Gasteiger charge is -2.15. The summed E-state index contributed by atoms with van der Waals surface area (Å²) in [4.78, 5) is 12.0. The van der Waals surface area contributed by atoms with E-state index in [1.54, 1.807) is 0 Å². The summed E-state index contributed by atoms with van der Waals surface area (Å²) in [6.45, 7) is 4.80. The molecule has 3 nitrogen and oxygen atoms in total. The van der Waals surface area contributed by atoms with Crippen molar-refractivity contribution in [2.75, 3.05) is 11.9 Å². The van der Waals surface area contributed by atoms with Crippen molar-refractivity contribution < 1.29 is 4.79 Å². The van der Waals surface area contributed by atoms with Crippen LogP contribution in [0.15, 0.2) is 35.7 Å². The maximum absolute atomic E-state index is 12.0. The highest BCUT2D eigenvalue weighted by Crippen LogP contribution is 2.27. The number of hydrogen-bond acceptors (Lipinski definition) is 3. The molecule has 5 heteroatoms. The molecule has 0 aliphatic carbocycles. The third kappa shape index (κ3) is 4.48. The van der Waals surface area contributed by atoms with Crippen LogP contribution < -0.4 is 10.6 Å². The van der Waals surface area contributed by atoms with E-state index in [1.807, 2.05) is 42.6 Å². The number of nitrogens with one attached hydrogen (secondary N) is 2. The lowest BCUT2D eigenvalue weighted by molar-refractivity contribution is 0.0953. The molecule has 2 rings (SSSR count). The Labute approximate surface area is 134 Å². The van der Waals surface area contributed by atoms with Crippen LogP contribution in [0.1, 0.15) is 42.2 Å². The van der Waals surface area contributed by atoms with Gasteiger partial charge in [-0.05, 0) is 48.6 Å². The molecular formula is C16H19ClN2OS. The molecule has 0 saturated carbocycles. The first-order chi connectivity index (χ1) is 10.1. The number of thiophene rings is 1. The number of anilines is 1. The minimum Gasteiger partial charge on any atom is -0.378 e. The zero-order chi connectivity index (χ0) is 15.2. The van der Waals surface area contributed by atoms with Gasteiger partial charge in [0.05, 0.1) is 4.34 Å². The molecule has 0 saturated heterocycles. The molecule has 1 aromatic carbocycles. The highest BCUT2D eigenvalue weighted by atomic mass is 35.5. The standard InChI is InChI=1S/C16H19ClN2OS/c1-3-7-18-16(20)12-5-4-6-14(8-12)19-11(2)13-9-15(17)21-10-13/h4-6,8-11,19H,3,7H2,1-2H3,(H,18,20). The van der Waals surface area contributed by atoms with Crippen LogP contribution in [0, 0.1) is 0 Å². The molecule has 1 aromatic heterocycles. The molecule has 0 aliphatic rings. The second-order valence-corrected chi connectivity index (χ2v) is 6.43. The van der Waals surface area contributed by atoms with Gasteiger partial charge in [-0.15, -0.1) is 11.3 Å². The topological polar surface area (TPSA) is 41.1 Å². The van der Waals surface area contributed by atoms with Gasteiger partial charge in [0.15, 0.2) is 0 Å². The van der Waals surface area contributed by atoms with Crippen LogP contribution in [0.2, 0.25) is 4.34 Å². The van der Waals surface area contributed by atoms with Gasteiger partial charge >= 0.3 is 0 Å². The van der Waals surface area contributed by atoms with E-state index in [0.717, 1.165) is 22.0 Å². The molecule has 1 amide bonds. The number of carbonyl (C=O) groups excluding carboxylic acids is 1. The van der Waals surface area contributed by atoms with E-state index in [4.69, 9.17) is 11.6 Å². The van der Waals surface area contributed by atoms with Gasteiger partial charge in [-0.25, -0.2) is 0 Å². The molecule has 1 heterocycles. The van der Waals surface area contributed by atoms with Crippen LogP contribution in [0.4, 0.5) is 5.69 Å². The summed E-state index contributed by atoms with van der Waals surface area (Å²) in [5, 5.41) is 8.31. The largest absolute Gasteiger partial charge is 0.378 e. The van der Waals surface area contributed by atoms with Crippen LogP contribution in [0.25, 0.3) is 0 Å². The predicted molar refractivity (Wildman–Crippen MR) is 90.4 cm³/mol. The Balaban J connectivity index is 2.05. The second-order valence-electron chi connectivity index (χ2n) is 4.89. The van der Waals surface area contributed by atoms with Crippen LogP contribution in [-0.2, 0) is 0 Å². The quantitative estimate of drug-likeness (QED) is 0.808. The molecule has 0 radical (unpaired) electrons. The van der Waals surface area contributed by atoms with E-state index >= 15 is 0 Å². The Morgan fingerprint density at radius 1 is 1.38 bits per heavy atom. The SMILES string of the molecule is CCCNC(=O)c1cccc(NC(C)c2csc(Cl)c2)c1. The number of amides is 1. The van der Waals surface area contributed by atoms with E-state index in [0.29, 0.717) is 12.1 Å². The number of rotatable bonds is 6. The number of halogens is 1. The third-order valence-electron chi connectivity index (χ3n) is 3.13. The summed E-state index contributed by atoms with van der Waals surface area (Å²) in [7, 11) is 0. The first-order valence-corrected chi connectivity index (χ1v) is 8.24. The zero-order valence-corrected chi connectivity index (χ0v) is 13.7. The van der Waals surface area contributed by atoms with Gasteiger partial charge in [-0.2, -0.15) is 0 Å². The summed E-state index contributed by atoms with van der Waals surface area (Å²) in [6.07, 6.45) is 0.930. The molecule has 0 spiro atoms. The predicted octanol–water partition coefficient (Wildman–Crippen LogP) is 4.71. The fourth-order valence-corrected chi connectivity index (χ4v) is 2.96. The number of hydrogen-bond donors (Lipinski definition) is 2. The summed E-state index contributed by atoms with van der Waals surface area (Å²) in [5.41, 5.74) is 2.74. The van der Waals surface area contributed by atoms with E-state index in [2.05, 4.69) is 17.6 Å². The van der Waals surface area contributed by atoms with Gasteiger partial charge < -0.3 is 10.6 Å². The van der Waals surface area contributed by atoms with Crippen molar-refractivity contribution in [3.8, 4) is 0 Å². The lowest BCUT2D eigenvalue weighted by Crippen LogP contribution is -2.24. The Bertz CT molecular complexity index is 612. The third-order valence-corrected chi connectivity index (χ3v) is 4.24. The molecule has 2 aromatic rings. The molecule has 21 heavy (non-hydrogen) atoms. The molecule has 2 N–H and O–H groups in total. The molecule has 0 aliphatic heterocycles. The molecule has 0 fully saturated rings. The van der Waals surface area contributed by atoms with Crippen LogP contribution in [0.3, 0.4) is 0 Å². The fourth-order valence-electron chi connectivity index (χ4n) is 1.97. The zero-order valence-electron chi connectivity index (χ0n) is 12.2. The van der Waals surface area contributed by atoms with Crippen LogP contribution >= 0.6 is 22.9 Å². The number of benzene rings is 1. The van der Waals surface area contributed by atoms with Crippen molar-refractivity contribution in [3.05, 3.63) is 51.2 Å². The van der Waals surface area contributed by atoms with Crippen molar-refractivity contribution in [1.82, 2.24) is 5.32 Å². The highest BCUT2D eigenvalue weighted by molar-refractivity contribution is 7.14. The lowest BCUT2D eigenvalue weighted by atomic mass is 10.1. The monoisotopic (exact) mass is 322 g/mol. The second kappa shape index (κ2) is 7.48. The normalized spacial score (nSPS) is 12.0. The fraction of sp³-hybridized carbons (Fsp3) is 0.312. The molecule has 112 valence electrons.